The van der Waals surface area contributed by atoms with Crippen molar-refractivity contribution in [1.29, 1.82) is 0 Å². The molecular weight excluding hydrogens is 333 g/mol. The second kappa shape index (κ2) is 7.88. The first-order valence-electron chi connectivity index (χ1n) is 7.16. The molecule has 1 unspecified atom stereocenters. The summed E-state index contributed by atoms with van der Waals surface area (Å²) in [6.45, 7) is 2.94. The standard InChI is InChI=1S/C15H19F3N2O2.ClH/c1-14(8-2-3-9-20-14)13(21)19-10-11-4-6-12(7-5-11)22-15(16,17)18;/h4-7,20H,2-3,8-10H2,1H3,(H,19,21);1H. The molecule has 0 aliphatic carbocycles. The van der Waals surface area contributed by atoms with Crippen LogP contribution in [0, 0.1) is 0 Å². The van der Waals surface area contributed by atoms with E-state index >= 15 is 0 Å². The summed E-state index contributed by atoms with van der Waals surface area (Å²) in [6.07, 6.45) is -1.86. The van der Waals surface area contributed by atoms with Crippen LogP contribution < -0.4 is 15.4 Å². The molecule has 1 aliphatic heterocycles. The molecule has 1 amide bonds. The number of hydrogen-bond acceptors (Lipinski definition) is 3. The minimum atomic E-state index is -4.70. The van der Waals surface area contributed by atoms with Crippen LogP contribution in [0.3, 0.4) is 0 Å². The predicted molar refractivity (Wildman–Crippen MR) is 82.5 cm³/mol. The maximum atomic E-state index is 12.2. The number of benzene rings is 1. The second-order valence-electron chi connectivity index (χ2n) is 5.59. The van der Waals surface area contributed by atoms with Gasteiger partial charge < -0.3 is 15.4 Å². The van der Waals surface area contributed by atoms with Gasteiger partial charge >= 0.3 is 6.36 Å². The number of carbonyl (C=O) groups is 1. The number of halogens is 4. The summed E-state index contributed by atoms with van der Waals surface area (Å²) in [6, 6.07) is 5.46. The van der Waals surface area contributed by atoms with Gasteiger partial charge in [-0.2, -0.15) is 0 Å². The van der Waals surface area contributed by atoms with Crippen LogP contribution >= 0.6 is 12.4 Å². The van der Waals surface area contributed by atoms with Gasteiger partial charge in [-0.05, 0) is 50.4 Å². The van der Waals surface area contributed by atoms with E-state index in [0.29, 0.717) is 5.56 Å². The van der Waals surface area contributed by atoms with E-state index in [1.807, 2.05) is 6.92 Å². The van der Waals surface area contributed by atoms with E-state index in [0.717, 1.165) is 25.8 Å². The highest BCUT2D eigenvalue weighted by Gasteiger charge is 2.34. The average Bonchev–Trinajstić information content (AvgIpc) is 2.45. The van der Waals surface area contributed by atoms with Crippen molar-refractivity contribution in [2.75, 3.05) is 6.54 Å². The summed E-state index contributed by atoms with van der Waals surface area (Å²) in [7, 11) is 0. The van der Waals surface area contributed by atoms with Crippen molar-refractivity contribution in [1.82, 2.24) is 10.6 Å². The van der Waals surface area contributed by atoms with Gasteiger partial charge in [0.15, 0.2) is 0 Å². The molecule has 2 rings (SSSR count). The number of piperidine rings is 1. The van der Waals surface area contributed by atoms with Crippen molar-refractivity contribution >= 4 is 18.3 Å². The Morgan fingerprint density at radius 3 is 2.48 bits per heavy atom. The molecule has 1 atom stereocenters. The van der Waals surface area contributed by atoms with E-state index in [4.69, 9.17) is 0 Å². The molecule has 1 fully saturated rings. The molecule has 130 valence electrons. The lowest BCUT2D eigenvalue weighted by Crippen LogP contribution is -2.56. The van der Waals surface area contributed by atoms with Gasteiger partial charge in [0.05, 0.1) is 5.54 Å². The number of hydrogen-bond donors (Lipinski definition) is 2. The quantitative estimate of drug-likeness (QED) is 0.875. The van der Waals surface area contributed by atoms with Gasteiger partial charge in [0.2, 0.25) is 5.91 Å². The molecule has 1 aromatic carbocycles. The molecule has 0 bridgehead atoms. The Balaban J connectivity index is 0.00000264. The third-order valence-electron chi connectivity index (χ3n) is 3.73. The fourth-order valence-corrected chi connectivity index (χ4v) is 2.44. The first kappa shape index (κ1) is 19.6. The van der Waals surface area contributed by atoms with Crippen molar-refractivity contribution in [2.24, 2.45) is 0 Å². The number of amides is 1. The monoisotopic (exact) mass is 352 g/mol. The number of nitrogens with one attached hydrogen (secondary N) is 2. The first-order chi connectivity index (χ1) is 10.3. The lowest BCUT2D eigenvalue weighted by atomic mass is 9.90. The molecule has 1 aliphatic rings. The molecule has 1 saturated heterocycles. The normalized spacial score (nSPS) is 21.2. The van der Waals surface area contributed by atoms with E-state index < -0.39 is 11.9 Å². The van der Waals surface area contributed by atoms with Crippen LogP contribution in [0.25, 0.3) is 0 Å². The van der Waals surface area contributed by atoms with Crippen LogP contribution in [-0.4, -0.2) is 24.4 Å². The fraction of sp³-hybridized carbons (Fsp3) is 0.533. The molecule has 1 aromatic rings. The molecule has 1 heterocycles. The summed E-state index contributed by atoms with van der Waals surface area (Å²) < 4.78 is 40.0. The molecule has 0 saturated carbocycles. The minimum Gasteiger partial charge on any atom is -0.406 e. The summed E-state index contributed by atoms with van der Waals surface area (Å²) in [5, 5.41) is 6.02. The molecule has 0 spiro atoms. The molecule has 0 radical (unpaired) electrons. The Morgan fingerprint density at radius 1 is 1.30 bits per heavy atom. The van der Waals surface area contributed by atoms with Crippen LogP contribution in [0.4, 0.5) is 13.2 Å². The molecular formula is C15H20ClF3N2O2. The van der Waals surface area contributed by atoms with E-state index in [2.05, 4.69) is 15.4 Å². The maximum absolute atomic E-state index is 12.2. The lowest BCUT2D eigenvalue weighted by Gasteiger charge is -2.33. The van der Waals surface area contributed by atoms with Gasteiger partial charge in [-0.3, -0.25) is 4.79 Å². The number of alkyl halides is 3. The number of carbonyl (C=O) groups excluding carboxylic acids is 1. The van der Waals surface area contributed by atoms with Crippen molar-refractivity contribution in [3.63, 3.8) is 0 Å². The van der Waals surface area contributed by atoms with Gasteiger partial charge in [0.1, 0.15) is 5.75 Å². The zero-order chi connectivity index (χ0) is 16.2. The summed E-state index contributed by atoms with van der Waals surface area (Å²) >= 11 is 0. The largest absolute Gasteiger partial charge is 0.573 e. The van der Waals surface area contributed by atoms with Crippen molar-refractivity contribution in [2.45, 2.75) is 44.6 Å². The summed E-state index contributed by atoms with van der Waals surface area (Å²) in [4.78, 5) is 12.2. The Labute approximate surface area is 139 Å². The van der Waals surface area contributed by atoms with Gasteiger partial charge in [-0.25, -0.2) is 0 Å². The Bertz CT molecular complexity index is 514. The molecule has 8 heteroatoms. The van der Waals surface area contributed by atoms with Crippen LogP contribution in [0.1, 0.15) is 31.7 Å². The van der Waals surface area contributed by atoms with E-state index in [9.17, 15) is 18.0 Å². The SMILES string of the molecule is CC1(C(=O)NCc2ccc(OC(F)(F)F)cc2)CCCCN1.Cl. The topological polar surface area (TPSA) is 50.4 Å². The third kappa shape index (κ3) is 5.91. The van der Waals surface area contributed by atoms with E-state index in [1.54, 1.807) is 0 Å². The predicted octanol–water partition coefficient (Wildman–Crippen LogP) is 3.16. The molecule has 2 N–H and O–H groups in total. The number of ether oxygens (including phenoxy) is 1. The average molecular weight is 353 g/mol. The zero-order valence-corrected chi connectivity index (χ0v) is 13.5. The smallest absolute Gasteiger partial charge is 0.406 e. The van der Waals surface area contributed by atoms with Crippen molar-refractivity contribution < 1.29 is 22.7 Å². The third-order valence-corrected chi connectivity index (χ3v) is 3.73. The highest BCUT2D eigenvalue weighted by atomic mass is 35.5. The van der Waals surface area contributed by atoms with Crippen LogP contribution in [-0.2, 0) is 11.3 Å². The Hall–Kier alpha value is -1.47. The Kier molecular flexibility index (Phi) is 6.70. The second-order valence-corrected chi connectivity index (χ2v) is 5.59. The molecule has 23 heavy (non-hydrogen) atoms. The van der Waals surface area contributed by atoms with Crippen molar-refractivity contribution in [3.05, 3.63) is 29.8 Å². The van der Waals surface area contributed by atoms with Gasteiger partial charge in [-0.1, -0.05) is 12.1 Å². The number of rotatable bonds is 4. The minimum absolute atomic E-state index is 0. The highest BCUT2D eigenvalue weighted by Crippen LogP contribution is 2.23. The first-order valence-corrected chi connectivity index (χ1v) is 7.16. The maximum Gasteiger partial charge on any atom is 0.573 e. The van der Waals surface area contributed by atoms with Crippen molar-refractivity contribution in [3.8, 4) is 5.75 Å². The van der Waals surface area contributed by atoms with Crippen LogP contribution in [0.2, 0.25) is 0 Å². The Morgan fingerprint density at radius 2 is 1.96 bits per heavy atom. The van der Waals surface area contributed by atoms with Gasteiger partial charge in [-0.15, -0.1) is 25.6 Å². The molecule has 4 nitrogen and oxygen atoms in total. The summed E-state index contributed by atoms with van der Waals surface area (Å²) in [5.41, 5.74) is 0.139. The summed E-state index contributed by atoms with van der Waals surface area (Å²) in [5.74, 6) is -0.369. The molecule has 0 aromatic heterocycles. The van der Waals surface area contributed by atoms with Crippen LogP contribution in [0.5, 0.6) is 5.75 Å². The lowest BCUT2D eigenvalue weighted by molar-refractivity contribution is -0.274. The van der Waals surface area contributed by atoms with E-state index in [1.165, 1.54) is 24.3 Å². The van der Waals surface area contributed by atoms with Crippen LogP contribution in [0.15, 0.2) is 24.3 Å². The zero-order valence-electron chi connectivity index (χ0n) is 12.7. The highest BCUT2D eigenvalue weighted by molar-refractivity contribution is 5.86. The van der Waals surface area contributed by atoms with E-state index in [-0.39, 0.29) is 30.6 Å². The van der Waals surface area contributed by atoms with Gasteiger partial charge in [0, 0.05) is 6.54 Å². The fourth-order valence-electron chi connectivity index (χ4n) is 2.44. The van der Waals surface area contributed by atoms with Gasteiger partial charge in [0.25, 0.3) is 0 Å².